The van der Waals surface area contributed by atoms with Crippen LogP contribution in [0.25, 0.3) is 0 Å². The fourth-order valence-electron chi connectivity index (χ4n) is 1.84. The molecule has 0 atom stereocenters. The monoisotopic (exact) mass is 290 g/mol. The van der Waals surface area contributed by atoms with Crippen molar-refractivity contribution in [2.75, 3.05) is 18.5 Å². The molecule has 4 heteroatoms. The van der Waals surface area contributed by atoms with Crippen molar-refractivity contribution < 1.29 is 4.74 Å². The lowest BCUT2D eigenvalue weighted by Crippen LogP contribution is -2.05. The highest BCUT2D eigenvalue weighted by Crippen LogP contribution is 2.23. The van der Waals surface area contributed by atoms with E-state index >= 15 is 0 Å². The minimum Gasteiger partial charge on any atom is -0.494 e. The molecule has 0 aliphatic heterocycles. The second kappa shape index (κ2) is 7.75. The molecule has 0 radical (unpaired) electrons. The molecule has 1 aromatic heterocycles. The lowest BCUT2D eigenvalue weighted by Gasteiger charge is -2.10. The third-order valence-corrected chi connectivity index (χ3v) is 3.44. The van der Waals surface area contributed by atoms with Gasteiger partial charge in [-0.05, 0) is 38.0 Å². The van der Waals surface area contributed by atoms with Gasteiger partial charge in [0, 0.05) is 12.7 Å². The molecule has 106 valence electrons. The van der Waals surface area contributed by atoms with Gasteiger partial charge in [0.05, 0.1) is 23.0 Å². The first-order chi connectivity index (χ1) is 9.77. The average Bonchev–Trinajstić information content (AvgIpc) is 2.48. The Balaban J connectivity index is 1.63. The number of hydrogen-bond donors (Lipinski definition) is 1. The van der Waals surface area contributed by atoms with Crippen LogP contribution in [0.5, 0.6) is 5.75 Å². The van der Waals surface area contributed by atoms with E-state index in [0.29, 0.717) is 5.02 Å². The molecule has 0 saturated heterocycles. The maximum atomic E-state index is 6.16. The van der Waals surface area contributed by atoms with Gasteiger partial charge in [0.2, 0.25) is 0 Å². The number of aryl methyl sites for hydroxylation is 1. The van der Waals surface area contributed by atoms with Crippen LogP contribution in [0.15, 0.2) is 42.6 Å². The van der Waals surface area contributed by atoms with Crippen molar-refractivity contribution in [1.82, 2.24) is 4.98 Å². The van der Waals surface area contributed by atoms with E-state index in [2.05, 4.69) is 10.3 Å². The van der Waals surface area contributed by atoms with Crippen molar-refractivity contribution in [3.05, 3.63) is 53.3 Å². The van der Waals surface area contributed by atoms with Crippen LogP contribution in [0.4, 0.5) is 5.69 Å². The van der Waals surface area contributed by atoms with Crippen LogP contribution in [0.1, 0.15) is 18.5 Å². The molecule has 0 spiro atoms. The third-order valence-electron chi connectivity index (χ3n) is 2.96. The first-order valence-electron chi connectivity index (χ1n) is 6.80. The number of nitrogens with one attached hydrogen (secondary N) is 1. The molecule has 0 aliphatic carbocycles. The summed E-state index contributed by atoms with van der Waals surface area (Å²) in [5, 5.41) is 4.03. The summed E-state index contributed by atoms with van der Waals surface area (Å²) in [6.45, 7) is 3.51. The largest absolute Gasteiger partial charge is 0.494 e. The van der Waals surface area contributed by atoms with Crippen LogP contribution in [-0.4, -0.2) is 18.1 Å². The van der Waals surface area contributed by atoms with Crippen LogP contribution in [0.2, 0.25) is 5.02 Å². The zero-order valence-corrected chi connectivity index (χ0v) is 12.4. The first kappa shape index (κ1) is 14.7. The van der Waals surface area contributed by atoms with Crippen LogP contribution >= 0.6 is 11.6 Å². The molecule has 1 N–H and O–H groups in total. The Kier molecular flexibility index (Phi) is 5.69. The maximum absolute atomic E-state index is 6.16. The number of hydrogen-bond acceptors (Lipinski definition) is 3. The zero-order chi connectivity index (χ0) is 14.2. The molecule has 1 aromatic carbocycles. The maximum Gasteiger partial charge on any atom is 0.119 e. The summed E-state index contributed by atoms with van der Waals surface area (Å²) >= 11 is 6.16. The molecule has 1 heterocycles. The van der Waals surface area contributed by atoms with Gasteiger partial charge in [-0.2, -0.15) is 0 Å². The second-order valence-electron chi connectivity index (χ2n) is 4.55. The Hall–Kier alpha value is -1.74. The molecule has 0 amide bonds. The number of unbranched alkanes of at least 4 members (excludes halogenated alkanes) is 1. The van der Waals surface area contributed by atoms with Crippen LogP contribution in [0.3, 0.4) is 0 Å². The second-order valence-corrected chi connectivity index (χ2v) is 4.93. The molecule has 2 aromatic rings. The number of ether oxygens (including phenoxy) is 1. The van der Waals surface area contributed by atoms with E-state index in [-0.39, 0.29) is 0 Å². The summed E-state index contributed by atoms with van der Waals surface area (Å²) in [6.07, 6.45) is 3.80. The SMILES string of the molecule is Cc1nccc(NCCCCOc2ccccc2)c1Cl. The molecular weight excluding hydrogens is 272 g/mol. The summed E-state index contributed by atoms with van der Waals surface area (Å²) in [6, 6.07) is 11.8. The van der Waals surface area contributed by atoms with E-state index in [1.165, 1.54) is 0 Å². The van der Waals surface area contributed by atoms with Crippen molar-refractivity contribution in [2.24, 2.45) is 0 Å². The predicted molar refractivity (Wildman–Crippen MR) is 83.6 cm³/mol. The molecule has 2 rings (SSSR count). The smallest absolute Gasteiger partial charge is 0.119 e. The van der Waals surface area contributed by atoms with Crippen LogP contribution in [0, 0.1) is 6.92 Å². The lowest BCUT2D eigenvalue weighted by molar-refractivity contribution is 0.308. The van der Waals surface area contributed by atoms with Crippen molar-refractivity contribution in [3.8, 4) is 5.75 Å². The van der Waals surface area contributed by atoms with E-state index in [0.717, 1.165) is 43.1 Å². The van der Waals surface area contributed by atoms with E-state index in [9.17, 15) is 0 Å². The normalized spacial score (nSPS) is 10.3. The molecular formula is C16H19ClN2O. The van der Waals surface area contributed by atoms with Crippen molar-refractivity contribution in [1.29, 1.82) is 0 Å². The number of pyridine rings is 1. The van der Waals surface area contributed by atoms with E-state index in [1.807, 2.05) is 43.3 Å². The topological polar surface area (TPSA) is 34.2 Å². The lowest BCUT2D eigenvalue weighted by atomic mass is 10.3. The Morgan fingerprint density at radius 1 is 1.15 bits per heavy atom. The van der Waals surface area contributed by atoms with Crippen LogP contribution < -0.4 is 10.1 Å². The van der Waals surface area contributed by atoms with Gasteiger partial charge < -0.3 is 10.1 Å². The molecule has 0 saturated carbocycles. The molecule has 20 heavy (non-hydrogen) atoms. The van der Waals surface area contributed by atoms with E-state index in [1.54, 1.807) is 6.20 Å². The van der Waals surface area contributed by atoms with E-state index < -0.39 is 0 Å². The van der Waals surface area contributed by atoms with Gasteiger partial charge in [0.15, 0.2) is 0 Å². The summed E-state index contributed by atoms with van der Waals surface area (Å²) in [4.78, 5) is 4.14. The molecule has 0 aliphatic rings. The quantitative estimate of drug-likeness (QED) is 0.771. The number of anilines is 1. The predicted octanol–water partition coefficient (Wildman–Crippen LogP) is 4.31. The minimum absolute atomic E-state index is 0.702. The number of para-hydroxylation sites is 1. The van der Waals surface area contributed by atoms with E-state index in [4.69, 9.17) is 16.3 Å². The third kappa shape index (κ3) is 4.42. The van der Waals surface area contributed by atoms with Crippen molar-refractivity contribution >= 4 is 17.3 Å². The number of aromatic nitrogens is 1. The summed E-state index contributed by atoms with van der Waals surface area (Å²) in [5.74, 6) is 0.924. The highest BCUT2D eigenvalue weighted by atomic mass is 35.5. The number of nitrogens with zero attached hydrogens (tertiary/aromatic N) is 1. The fraction of sp³-hybridized carbons (Fsp3) is 0.312. The van der Waals surface area contributed by atoms with Gasteiger partial charge in [0.1, 0.15) is 5.75 Å². The highest BCUT2D eigenvalue weighted by Gasteiger charge is 2.02. The van der Waals surface area contributed by atoms with Crippen molar-refractivity contribution in [2.45, 2.75) is 19.8 Å². The Morgan fingerprint density at radius 3 is 2.75 bits per heavy atom. The number of rotatable bonds is 7. The Bertz CT molecular complexity index is 531. The van der Waals surface area contributed by atoms with Gasteiger partial charge in [-0.15, -0.1) is 0 Å². The molecule has 0 unspecified atom stereocenters. The summed E-state index contributed by atoms with van der Waals surface area (Å²) in [7, 11) is 0. The van der Waals surface area contributed by atoms with Gasteiger partial charge >= 0.3 is 0 Å². The minimum atomic E-state index is 0.702. The number of benzene rings is 1. The molecule has 3 nitrogen and oxygen atoms in total. The zero-order valence-electron chi connectivity index (χ0n) is 11.6. The van der Waals surface area contributed by atoms with Crippen molar-refractivity contribution in [3.63, 3.8) is 0 Å². The van der Waals surface area contributed by atoms with Gasteiger partial charge in [-0.25, -0.2) is 0 Å². The highest BCUT2D eigenvalue weighted by molar-refractivity contribution is 6.33. The first-order valence-corrected chi connectivity index (χ1v) is 7.18. The Labute approximate surface area is 124 Å². The number of halogens is 1. The standard InChI is InChI=1S/C16H19ClN2O/c1-13-16(17)15(9-11-18-13)19-10-5-6-12-20-14-7-3-2-4-8-14/h2-4,7-9,11H,5-6,10,12H2,1H3,(H,18,19). The average molecular weight is 291 g/mol. The molecule has 0 bridgehead atoms. The van der Waals surface area contributed by atoms with Crippen LogP contribution in [-0.2, 0) is 0 Å². The van der Waals surface area contributed by atoms with Gasteiger partial charge in [-0.1, -0.05) is 29.8 Å². The fourth-order valence-corrected chi connectivity index (χ4v) is 2.02. The van der Waals surface area contributed by atoms with Gasteiger partial charge in [0.25, 0.3) is 0 Å². The Morgan fingerprint density at radius 2 is 1.95 bits per heavy atom. The summed E-state index contributed by atoms with van der Waals surface area (Å²) in [5.41, 5.74) is 1.80. The molecule has 0 fully saturated rings. The van der Waals surface area contributed by atoms with Gasteiger partial charge in [-0.3, -0.25) is 4.98 Å². The summed E-state index contributed by atoms with van der Waals surface area (Å²) < 4.78 is 5.64.